The molecule has 0 aliphatic carbocycles. The Morgan fingerprint density at radius 2 is 2.33 bits per heavy atom. The first-order valence-corrected chi connectivity index (χ1v) is 6.53. The molecule has 1 heterocycles. The van der Waals surface area contributed by atoms with Crippen LogP contribution in [0, 0.1) is 5.82 Å². The number of aryl methyl sites for hydroxylation is 1. The molecule has 0 aliphatic rings. The summed E-state index contributed by atoms with van der Waals surface area (Å²) in [6.07, 6.45) is 1.43. The van der Waals surface area contributed by atoms with Crippen LogP contribution >= 0.6 is 11.5 Å². The van der Waals surface area contributed by atoms with Crippen molar-refractivity contribution in [3.05, 3.63) is 46.2 Å². The van der Waals surface area contributed by atoms with Crippen LogP contribution in [-0.4, -0.2) is 9.59 Å². The van der Waals surface area contributed by atoms with Gasteiger partial charge in [-0.3, -0.25) is 11.3 Å². The third kappa shape index (κ3) is 2.90. The summed E-state index contributed by atoms with van der Waals surface area (Å²) in [5.74, 6) is 5.35. The van der Waals surface area contributed by atoms with E-state index < -0.39 is 0 Å². The van der Waals surface area contributed by atoms with Gasteiger partial charge in [0.2, 0.25) is 0 Å². The monoisotopic (exact) mass is 266 g/mol. The fraction of sp³-hybridized carbons (Fsp3) is 0.333. The first-order chi connectivity index (χ1) is 8.74. The summed E-state index contributed by atoms with van der Waals surface area (Å²) in [6.45, 7) is 2.02. The number of hydrazine groups is 1. The van der Waals surface area contributed by atoms with Crippen LogP contribution in [-0.2, 0) is 12.8 Å². The maximum absolute atomic E-state index is 13.1. The molecule has 3 N–H and O–H groups in total. The highest BCUT2D eigenvalue weighted by Gasteiger charge is 2.17. The topological polar surface area (TPSA) is 63.8 Å². The lowest BCUT2D eigenvalue weighted by Crippen LogP contribution is -2.29. The van der Waals surface area contributed by atoms with Crippen molar-refractivity contribution in [3.8, 4) is 0 Å². The fourth-order valence-corrected chi connectivity index (χ4v) is 2.65. The number of hydrogen-bond donors (Lipinski definition) is 2. The highest BCUT2D eigenvalue weighted by atomic mass is 32.1. The lowest BCUT2D eigenvalue weighted by Gasteiger charge is -2.14. The van der Waals surface area contributed by atoms with E-state index in [4.69, 9.17) is 5.84 Å². The minimum absolute atomic E-state index is 0.0817. The summed E-state index contributed by atoms with van der Waals surface area (Å²) in [5.41, 5.74) is 4.60. The van der Waals surface area contributed by atoms with Gasteiger partial charge < -0.3 is 0 Å². The van der Waals surface area contributed by atoms with Gasteiger partial charge in [-0.15, -0.1) is 5.10 Å². The first kappa shape index (κ1) is 13.1. The van der Waals surface area contributed by atoms with Gasteiger partial charge in [0.25, 0.3) is 0 Å². The Kier molecular flexibility index (Phi) is 4.35. The van der Waals surface area contributed by atoms with Crippen LogP contribution in [0.15, 0.2) is 24.3 Å². The van der Waals surface area contributed by atoms with Gasteiger partial charge in [-0.25, -0.2) is 4.39 Å². The summed E-state index contributed by atoms with van der Waals surface area (Å²) >= 11 is 1.33. The molecule has 1 aromatic heterocycles. The summed E-state index contributed by atoms with van der Waals surface area (Å²) in [4.78, 5) is 1.02. The number of benzene rings is 1. The number of halogens is 1. The maximum atomic E-state index is 13.1. The minimum Gasteiger partial charge on any atom is -0.271 e. The first-order valence-electron chi connectivity index (χ1n) is 5.76. The van der Waals surface area contributed by atoms with E-state index >= 15 is 0 Å². The van der Waals surface area contributed by atoms with Crippen LogP contribution in [0.3, 0.4) is 0 Å². The molecule has 0 radical (unpaired) electrons. The predicted octanol–water partition coefficient (Wildman–Crippen LogP) is 1.99. The molecule has 0 spiro atoms. The van der Waals surface area contributed by atoms with Crippen molar-refractivity contribution >= 4 is 11.5 Å². The Hall–Kier alpha value is -1.37. The SMILES string of the molecule is CCc1nnsc1C(Cc1cccc(F)c1)NN. The molecule has 0 aliphatic heterocycles. The molecule has 96 valence electrons. The van der Waals surface area contributed by atoms with Crippen molar-refractivity contribution < 1.29 is 4.39 Å². The van der Waals surface area contributed by atoms with Gasteiger partial charge in [0.05, 0.1) is 16.6 Å². The molecule has 2 aromatic rings. The van der Waals surface area contributed by atoms with Gasteiger partial charge in [-0.2, -0.15) is 0 Å². The van der Waals surface area contributed by atoms with Gasteiger partial charge in [-0.05, 0) is 42.1 Å². The van der Waals surface area contributed by atoms with Gasteiger partial charge >= 0.3 is 0 Å². The summed E-state index contributed by atoms with van der Waals surface area (Å²) in [6, 6.07) is 6.45. The van der Waals surface area contributed by atoms with E-state index in [2.05, 4.69) is 15.0 Å². The molecule has 0 saturated heterocycles. The zero-order chi connectivity index (χ0) is 13.0. The van der Waals surface area contributed by atoms with Crippen molar-refractivity contribution in [1.29, 1.82) is 0 Å². The number of rotatable bonds is 5. The Labute approximate surface area is 109 Å². The zero-order valence-corrected chi connectivity index (χ0v) is 10.9. The minimum atomic E-state index is -0.235. The van der Waals surface area contributed by atoms with Crippen molar-refractivity contribution in [2.75, 3.05) is 0 Å². The van der Waals surface area contributed by atoms with Crippen molar-refractivity contribution in [3.63, 3.8) is 0 Å². The summed E-state index contributed by atoms with van der Waals surface area (Å²) < 4.78 is 17.1. The normalized spacial score (nSPS) is 12.6. The second-order valence-corrected chi connectivity index (χ2v) is 4.78. The quantitative estimate of drug-likeness (QED) is 0.641. The smallest absolute Gasteiger partial charge is 0.123 e. The number of nitrogens with zero attached hydrogens (tertiary/aromatic N) is 2. The maximum Gasteiger partial charge on any atom is 0.123 e. The molecule has 1 atom stereocenters. The zero-order valence-electron chi connectivity index (χ0n) is 10.1. The van der Waals surface area contributed by atoms with E-state index in [1.165, 1.54) is 23.7 Å². The van der Waals surface area contributed by atoms with E-state index in [0.29, 0.717) is 6.42 Å². The molecule has 0 bridgehead atoms. The van der Waals surface area contributed by atoms with Crippen molar-refractivity contribution in [1.82, 2.24) is 15.0 Å². The van der Waals surface area contributed by atoms with Gasteiger partial charge in [-0.1, -0.05) is 23.5 Å². The lowest BCUT2D eigenvalue weighted by atomic mass is 10.0. The predicted molar refractivity (Wildman–Crippen MR) is 69.5 cm³/mol. The molecular weight excluding hydrogens is 251 g/mol. The average molecular weight is 266 g/mol. The third-order valence-electron chi connectivity index (χ3n) is 2.77. The van der Waals surface area contributed by atoms with Gasteiger partial charge in [0.1, 0.15) is 5.82 Å². The Morgan fingerprint density at radius 1 is 1.50 bits per heavy atom. The van der Waals surface area contributed by atoms with E-state index in [-0.39, 0.29) is 11.9 Å². The number of nitrogens with two attached hydrogens (primary N) is 1. The third-order valence-corrected chi connectivity index (χ3v) is 3.65. The molecule has 0 fully saturated rings. The van der Waals surface area contributed by atoms with Crippen molar-refractivity contribution in [2.45, 2.75) is 25.8 Å². The largest absolute Gasteiger partial charge is 0.271 e. The Morgan fingerprint density at radius 3 is 3.00 bits per heavy atom. The molecule has 1 unspecified atom stereocenters. The molecule has 18 heavy (non-hydrogen) atoms. The summed E-state index contributed by atoms with van der Waals surface area (Å²) in [5, 5.41) is 4.06. The molecule has 4 nitrogen and oxygen atoms in total. The van der Waals surface area contributed by atoms with Crippen LogP contribution in [0.2, 0.25) is 0 Å². The van der Waals surface area contributed by atoms with E-state index in [1.807, 2.05) is 13.0 Å². The lowest BCUT2D eigenvalue weighted by molar-refractivity contribution is 0.551. The summed E-state index contributed by atoms with van der Waals surface area (Å²) in [7, 11) is 0. The fourth-order valence-electron chi connectivity index (χ4n) is 1.85. The number of hydrogen-bond acceptors (Lipinski definition) is 5. The molecule has 0 saturated carbocycles. The Balaban J connectivity index is 2.20. The van der Waals surface area contributed by atoms with Crippen LogP contribution in [0.1, 0.15) is 29.1 Å². The van der Waals surface area contributed by atoms with Gasteiger partial charge in [0, 0.05) is 0 Å². The Bertz CT molecular complexity index is 514. The van der Waals surface area contributed by atoms with Crippen molar-refractivity contribution in [2.24, 2.45) is 5.84 Å². The molecule has 1 aromatic carbocycles. The van der Waals surface area contributed by atoms with E-state index in [9.17, 15) is 4.39 Å². The van der Waals surface area contributed by atoms with Gasteiger partial charge in [0.15, 0.2) is 0 Å². The highest BCUT2D eigenvalue weighted by molar-refractivity contribution is 7.05. The molecular formula is C12H15FN4S. The average Bonchev–Trinajstić information content (AvgIpc) is 2.84. The van der Waals surface area contributed by atoms with Crippen LogP contribution in [0.5, 0.6) is 0 Å². The van der Waals surface area contributed by atoms with E-state index in [0.717, 1.165) is 22.6 Å². The standard InChI is InChI=1S/C12H15FN4S/c1-2-10-12(18-17-16-10)11(15-14)7-8-4-3-5-9(13)6-8/h3-6,11,15H,2,7,14H2,1H3. The number of nitrogens with one attached hydrogen (secondary N) is 1. The second kappa shape index (κ2) is 5.99. The molecule has 0 amide bonds. The molecule has 2 rings (SSSR count). The highest BCUT2D eigenvalue weighted by Crippen LogP contribution is 2.24. The van der Waals surface area contributed by atoms with E-state index in [1.54, 1.807) is 6.07 Å². The van der Waals surface area contributed by atoms with Crippen LogP contribution in [0.25, 0.3) is 0 Å². The number of aromatic nitrogens is 2. The second-order valence-electron chi connectivity index (χ2n) is 3.99. The molecule has 6 heteroatoms. The van der Waals surface area contributed by atoms with Crippen LogP contribution in [0.4, 0.5) is 4.39 Å². The van der Waals surface area contributed by atoms with Crippen LogP contribution < -0.4 is 11.3 Å².